The lowest BCUT2D eigenvalue weighted by molar-refractivity contribution is 0.294. The topological polar surface area (TPSA) is 78.9 Å². The molecule has 0 radical (unpaired) electrons. The van der Waals surface area contributed by atoms with Crippen molar-refractivity contribution < 1.29 is 26.2 Å². The quantitative estimate of drug-likeness (QED) is 0.220. The summed E-state index contributed by atoms with van der Waals surface area (Å²) in [5.41, 5.74) is 0. The van der Waals surface area contributed by atoms with Crippen molar-refractivity contribution >= 4 is 74.7 Å². The molecular weight excluding hydrogens is 537 g/mol. The van der Waals surface area contributed by atoms with Crippen molar-refractivity contribution in [2.45, 2.75) is 25.2 Å². The minimum atomic E-state index is -4.54. The van der Waals surface area contributed by atoms with E-state index in [1.165, 1.54) is 24.3 Å². The Labute approximate surface area is 199 Å². The average molecular weight is 554 g/mol. The van der Waals surface area contributed by atoms with E-state index in [9.17, 15) is 13.0 Å². The maximum absolute atomic E-state index is 13.1. The van der Waals surface area contributed by atoms with Crippen molar-refractivity contribution in [3.8, 4) is 11.5 Å². The van der Waals surface area contributed by atoms with E-state index < -0.39 is 27.6 Å². The van der Waals surface area contributed by atoms with Crippen LogP contribution < -0.4 is 8.71 Å². The van der Waals surface area contributed by atoms with Gasteiger partial charge in [0.05, 0.1) is 16.7 Å². The molecule has 2 aromatic carbocycles. The summed E-state index contributed by atoms with van der Waals surface area (Å²) in [5.74, 6) is -0.107. The summed E-state index contributed by atoms with van der Waals surface area (Å²) in [6, 6.07) is 6.35. The fourth-order valence-corrected chi connectivity index (χ4v) is 7.93. The lowest BCUT2D eigenvalue weighted by Gasteiger charge is -2.20. The Kier molecular flexibility index (Phi) is 9.53. The highest BCUT2D eigenvalue weighted by Gasteiger charge is 2.33. The molecule has 0 aliphatic heterocycles. The Balaban J connectivity index is 2.52. The first-order valence-electron chi connectivity index (χ1n) is 8.48. The van der Waals surface area contributed by atoms with Crippen LogP contribution in [0.3, 0.4) is 0 Å². The zero-order chi connectivity index (χ0) is 22.5. The second kappa shape index (κ2) is 11.0. The van der Waals surface area contributed by atoms with Gasteiger partial charge < -0.3 is 8.71 Å². The SMILES string of the molecule is CCCSP(=O)(OCC)Oc1c(Cl)cc(Cl)cc1S(=O)(=O)Oc1ccc(Cl)cc1Cl. The lowest BCUT2D eigenvalue weighted by Crippen LogP contribution is -2.12. The van der Waals surface area contributed by atoms with Crippen LogP contribution in [0.15, 0.2) is 35.2 Å². The molecule has 30 heavy (non-hydrogen) atoms. The third kappa shape index (κ3) is 6.84. The van der Waals surface area contributed by atoms with Crippen molar-refractivity contribution in [2.24, 2.45) is 0 Å². The molecule has 0 bridgehead atoms. The fourth-order valence-electron chi connectivity index (χ4n) is 2.08. The number of hydrogen-bond acceptors (Lipinski definition) is 7. The molecule has 1 atom stereocenters. The molecule has 0 amide bonds. The molecule has 2 rings (SSSR count). The van der Waals surface area contributed by atoms with Crippen LogP contribution in [0.25, 0.3) is 0 Å². The average Bonchev–Trinajstić information content (AvgIpc) is 2.64. The van der Waals surface area contributed by atoms with Gasteiger partial charge in [-0.25, -0.2) is 4.57 Å². The van der Waals surface area contributed by atoms with Gasteiger partial charge in [0, 0.05) is 15.8 Å². The molecule has 1 unspecified atom stereocenters. The van der Waals surface area contributed by atoms with Crippen LogP contribution in [0.2, 0.25) is 20.1 Å². The van der Waals surface area contributed by atoms with Gasteiger partial charge in [0.2, 0.25) is 0 Å². The largest absolute Gasteiger partial charge is 0.440 e. The zero-order valence-corrected chi connectivity index (χ0v) is 21.3. The molecule has 2 aromatic rings. The van der Waals surface area contributed by atoms with Crippen LogP contribution in [0.4, 0.5) is 0 Å². The van der Waals surface area contributed by atoms with Crippen molar-refractivity contribution in [2.75, 3.05) is 12.4 Å². The zero-order valence-electron chi connectivity index (χ0n) is 15.7. The summed E-state index contributed by atoms with van der Waals surface area (Å²) in [6.45, 7) is -0.166. The summed E-state index contributed by atoms with van der Waals surface area (Å²) in [7, 11) is -4.54. The van der Waals surface area contributed by atoms with Gasteiger partial charge in [-0.05, 0) is 55.1 Å². The molecule has 0 aromatic heterocycles. The van der Waals surface area contributed by atoms with Gasteiger partial charge >= 0.3 is 16.9 Å². The highest BCUT2D eigenvalue weighted by molar-refractivity contribution is 8.55. The third-order valence-electron chi connectivity index (χ3n) is 3.28. The standard InChI is InChI=1S/C17H17Cl4O6PS2/c1-3-7-29-28(22,25-4-2)26-17-14(21)9-12(19)10-16(17)30(23,24)27-15-6-5-11(18)8-13(15)20/h5-6,8-10H,3-4,7H2,1-2H3. The molecule has 166 valence electrons. The minimum absolute atomic E-state index is 0.00387. The lowest BCUT2D eigenvalue weighted by atomic mass is 10.3. The first-order valence-corrected chi connectivity index (χ1v) is 14.5. The van der Waals surface area contributed by atoms with E-state index in [2.05, 4.69) is 0 Å². The normalized spacial score (nSPS) is 13.7. The van der Waals surface area contributed by atoms with Crippen LogP contribution >= 0.6 is 64.6 Å². The summed E-state index contributed by atoms with van der Waals surface area (Å²) in [6.07, 6.45) is 0.697. The Bertz CT molecular complexity index is 1060. The van der Waals surface area contributed by atoms with Gasteiger partial charge in [-0.15, -0.1) is 0 Å². The van der Waals surface area contributed by atoms with E-state index in [-0.39, 0.29) is 27.4 Å². The first-order chi connectivity index (χ1) is 14.0. The molecule has 6 nitrogen and oxygen atoms in total. The number of halogens is 4. The molecule has 0 fully saturated rings. The Morgan fingerprint density at radius 3 is 2.27 bits per heavy atom. The summed E-state index contributed by atoms with van der Waals surface area (Å²) < 4.78 is 54.9. The maximum Gasteiger partial charge on any atom is 0.440 e. The fraction of sp³-hybridized carbons (Fsp3) is 0.294. The van der Waals surface area contributed by atoms with Gasteiger partial charge in [-0.3, -0.25) is 4.52 Å². The Morgan fingerprint density at radius 2 is 1.67 bits per heavy atom. The first kappa shape index (κ1) is 25.9. The second-order valence-electron chi connectivity index (χ2n) is 5.62. The van der Waals surface area contributed by atoms with Gasteiger partial charge in [-0.1, -0.05) is 53.3 Å². The van der Waals surface area contributed by atoms with E-state index in [4.69, 9.17) is 59.6 Å². The van der Waals surface area contributed by atoms with Gasteiger partial charge in [-0.2, -0.15) is 8.42 Å². The molecule has 0 saturated heterocycles. The molecular formula is C17H17Cl4O6PS2. The van der Waals surface area contributed by atoms with Crippen molar-refractivity contribution in [3.63, 3.8) is 0 Å². The number of benzene rings is 2. The van der Waals surface area contributed by atoms with Crippen LogP contribution in [0.5, 0.6) is 11.5 Å². The Hall–Kier alpha value is -0.310. The molecule has 0 spiro atoms. The smallest absolute Gasteiger partial charge is 0.414 e. The second-order valence-corrected chi connectivity index (χ2v) is 12.9. The molecule has 0 saturated carbocycles. The van der Waals surface area contributed by atoms with Gasteiger partial charge in [0.1, 0.15) is 0 Å². The van der Waals surface area contributed by atoms with E-state index >= 15 is 0 Å². The Morgan fingerprint density at radius 1 is 1.00 bits per heavy atom. The minimum Gasteiger partial charge on any atom is -0.414 e. The summed E-state index contributed by atoms with van der Waals surface area (Å²) >= 11 is 24.9. The summed E-state index contributed by atoms with van der Waals surface area (Å²) in [4.78, 5) is -0.525. The van der Waals surface area contributed by atoms with Crippen LogP contribution in [0.1, 0.15) is 20.3 Å². The van der Waals surface area contributed by atoms with E-state index in [1.54, 1.807) is 6.92 Å². The van der Waals surface area contributed by atoms with Gasteiger partial charge in [0.15, 0.2) is 16.4 Å². The molecule has 0 aliphatic rings. The summed E-state index contributed by atoms with van der Waals surface area (Å²) in [5, 5.41) is 0.0958. The van der Waals surface area contributed by atoms with Gasteiger partial charge in [0.25, 0.3) is 0 Å². The number of rotatable bonds is 10. The van der Waals surface area contributed by atoms with Crippen molar-refractivity contribution in [1.82, 2.24) is 0 Å². The predicted molar refractivity (Wildman–Crippen MR) is 123 cm³/mol. The van der Waals surface area contributed by atoms with Crippen molar-refractivity contribution in [1.29, 1.82) is 0 Å². The monoisotopic (exact) mass is 552 g/mol. The van der Waals surface area contributed by atoms with E-state index in [1.807, 2.05) is 6.92 Å². The van der Waals surface area contributed by atoms with Crippen LogP contribution in [-0.4, -0.2) is 20.8 Å². The predicted octanol–water partition coefficient (Wildman–Crippen LogP) is 7.73. The maximum atomic E-state index is 13.1. The highest BCUT2D eigenvalue weighted by Crippen LogP contribution is 2.61. The van der Waals surface area contributed by atoms with Crippen LogP contribution in [0, 0.1) is 0 Å². The van der Waals surface area contributed by atoms with Crippen molar-refractivity contribution in [3.05, 3.63) is 50.4 Å². The third-order valence-corrected chi connectivity index (χ3v) is 9.48. The highest BCUT2D eigenvalue weighted by atomic mass is 35.5. The molecule has 13 heteroatoms. The molecule has 0 N–H and O–H groups in total. The van der Waals surface area contributed by atoms with E-state index in [0.717, 1.165) is 17.4 Å². The number of hydrogen-bond donors (Lipinski definition) is 0. The van der Waals surface area contributed by atoms with E-state index in [0.29, 0.717) is 17.2 Å². The molecule has 0 heterocycles. The molecule has 0 aliphatic carbocycles. The van der Waals surface area contributed by atoms with Crippen LogP contribution in [-0.2, 0) is 19.2 Å².